The minimum absolute atomic E-state index is 0.106. The lowest BCUT2D eigenvalue weighted by Gasteiger charge is -2.08. The van der Waals surface area contributed by atoms with Gasteiger partial charge in [0.25, 0.3) is 0 Å². The molecule has 2 heterocycles. The molecule has 28 heavy (non-hydrogen) atoms. The summed E-state index contributed by atoms with van der Waals surface area (Å²) in [6.07, 6.45) is 1.93. The number of hydrogen-bond acceptors (Lipinski definition) is 6. The van der Waals surface area contributed by atoms with Crippen molar-refractivity contribution in [3.63, 3.8) is 0 Å². The Morgan fingerprint density at radius 2 is 1.82 bits per heavy atom. The van der Waals surface area contributed by atoms with E-state index in [0.29, 0.717) is 23.1 Å². The number of carbonyl (C=O) groups excluding carboxylic acids is 1. The second-order valence-corrected chi connectivity index (χ2v) is 5.95. The molecule has 0 unspecified atom stereocenters. The van der Waals surface area contributed by atoms with E-state index in [4.69, 9.17) is 4.74 Å². The standard InChI is InChI=1S/C20H16N6O2/c27-18(13-14-4-6-15(7-5-14)20-23-25-26-24-20)22-16-8-10-17(11-9-16)28-19-3-1-2-12-21-19/h1-12H,13H2,(H,22,27)(H,23,24,25,26). The number of pyridine rings is 1. The number of rotatable bonds is 6. The Kier molecular flexibility index (Phi) is 5.01. The third-order valence-corrected chi connectivity index (χ3v) is 3.92. The van der Waals surface area contributed by atoms with Gasteiger partial charge in [-0.1, -0.05) is 30.3 Å². The fourth-order valence-corrected chi connectivity index (χ4v) is 2.58. The van der Waals surface area contributed by atoms with Gasteiger partial charge in [-0.2, -0.15) is 5.21 Å². The van der Waals surface area contributed by atoms with Gasteiger partial charge in [0.2, 0.25) is 17.6 Å². The smallest absolute Gasteiger partial charge is 0.228 e. The van der Waals surface area contributed by atoms with Crippen LogP contribution in [0.1, 0.15) is 5.56 Å². The number of tetrazole rings is 1. The average Bonchev–Trinajstić information content (AvgIpc) is 3.26. The lowest BCUT2D eigenvalue weighted by Crippen LogP contribution is -2.14. The summed E-state index contributed by atoms with van der Waals surface area (Å²) in [6.45, 7) is 0. The molecule has 1 amide bonds. The Bertz CT molecular complexity index is 1030. The summed E-state index contributed by atoms with van der Waals surface area (Å²) in [5.74, 6) is 1.58. The van der Waals surface area contributed by atoms with Crippen molar-refractivity contribution >= 4 is 11.6 Å². The molecule has 0 fully saturated rings. The van der Waals surface area contributed by atoms with Crippen LogP contribution in [-0.2, 0) is 11.2 Å². The van der Waals surface area contributed by atoms with Crippen molar-refractivity contribution in [3.8, 4) is 23.0 Å². The summed E-state index contributed by atoms with van der Waals surface area (Å²) in [6, 6.07) is 20.0. The second kappa shape index (κ2) is 8.09. The molecule has 8 heteroatoms. The van der Waals surface area contributed by atoms with Crippen LogP contribution in [0, 0.1) is 0 Å². The van der Waals surface area contributed by atoms with E-state index in [2.05, 4.69) is 30.9 Å². The molecule has 0 saturated carbocycles. The molecule has 2 N–H and O–H groups in total. The fourth-order valence-electron chi connectivity index (χ4n) is 2.58. The number of aromatic nitrogens is 5. The van der Waals surface area contributed by atoms with Crippen molar-refractivity contribution in [1.29, 1.82) is 0 Å². The van der Waals surface area contributed by atoms with Crippen LogP contribution in [0.15, 0.2) is 72.9 Å². The highest BCUT2D eigenvalue weighted by Gasteiger charge is 2.07. The molecule has 0 spiro atoms. The van der Waals surface area contributed by atoms with Gasteiger partial charge in [0, 0.05) is 23.5 Å². The van der Waals surface area contributed by atoms with E-state index < -0.39 is 0 Å². The lowest BCUT2D eigenvalue weighted by molar-refractivity contribution is -0.115. The van der Waals surface area contributed by atoms with Gasteiger partial charge in [0.05, 0.1) is 6.42 Å². The van der Waals surface area contributed by atoms with Crippen LogP contribution in [-0.4, -0.2) is 31.5 Å². The summed E-state index contributed by atoms with van der Waals surface area (Å²) in [7, 11) is 0. The zero-order chi connectivity index (χ0) is 19.2. The zero-order valence-electron chi connectivity index (χ0n) is 14.7. The summed E-state index contributed by atoms with van der Waals surface area (Å²) in [5.41, 5.74) is 2.42. The molecule has 2 aromatic heterocycles. The summed E-state index contributed by atoms with van der Waals surface area (Å²) < 4.78 is 5.64. The van der Waals surface area contributed by atoms with E-state index in [1.807, 2.05) is 36.4 Å². The monoisotopic (exact) mass is 372 g/mol. The number of ether oxygens (including phenoxy) is 1. The van der Waals surface area contributed by atoms with E-state index in [0.717, 1.165) is 11.1 Å². The van der Waals surface area contributed by atoms with Gasteiger partial charge in [0.15, 0.2) is 0 Å². The first-order valence-electron chi connectivity index (χ1n) is 8.58. The predicted octanol–water partition coefficient (Wildman–Crippen LogP) is 3.24. The van der Waals surface area contributed by atoms with Gasteiger partial charge < -0.3 is 10.1 Å². The van der Waals surface area contributed by atoms with Crippen LogP contribution >= 0.6 is 0 Å². The van der Waals surface area contributed by atoms with Crippen molar-refractivity contribution in [2.24, 2.45) is 0 Å². The van der Waals surface area contributed by atoms with Crippen molar-refractivity contribution in [2.45, 2.75) is 6.42 Å². The Hall–Kier alpha value is -4.07. The first kappa shape index (κ1) is 17.3. The van der Waals surface area contributed by atoms with Crippen molar-refractivity contribution in [2.75, 3.05) is 5.32 Å². The molecule has 4 aromatic rings. The maximum Gasteiger partial charge on any atom is 0.228 e. The summed E-state index contributed by atoms with van der Waals surface area (Å²) >= 11 is 0. The Labute approximate surface area is 160 Å². The van der Waals surface area contributed by atoms with Crippen LogP contribution in [0.25, 0.3) is 11.4 Å². The topological polar surface area (TPSA) is 106 Å². The predicted molar refractivity (Wildman–Crippen MR) is 103 cm³/mol. The summed E-state index contributed by atoms with van der Waals surface area (Å²) in [4.78, 5) is 16.4. The van der Waals surface area contributed by atoms with E-state index in [1.54, 1.807) is 36.5 Å². The molecule has 4 rings (SSSR count). The van der Waals surface area contributed by atoms with Gasteiger partial charge in [-0.25, -0.2) is 4.98 Å². The van der Waals surface area contributed by atoms with Crippen LogP contribution in [0.2, 0.25) is 0 Å². The van der Waals surface area contributed by atoms with E-state index >= 15 is 0 Å². The van der Waals surface area contributed by atoms with E-state index in [-0.39, 0.29) is 12.3 Å². The first-order valence-corrected chi connectivity index (χ1v) is 8.58. The quantitative estimate of drug-likeness (QED) is 0.538. The molecule has 138 valence electrons. The number of hydrogen-bond donors (Lipinski definition) is 2. The number of aromatic amines is 1. The highest BCUT2D eigenvalue weighted by atomic mass is 16.5. The van der Waals surface area contributed by atoms with Crippen molar-refractivity contribution in [1.82, 2.24) is 25.6 Å². The number of carbonyl (C=O) groups is 1. The normalized spacial score (nSPS) is 10.4. The first-order chi connectivity index (χ1) is 13.8. The number of benzene rings is 2. The molecule has 0 atom stereocenters. The van der Waals surface area contributed by atoms with Gasteiger partial charge in [-0.15, -0.1) is 10.2 Å². The number of amides is 1. The SMILES string of the molecule is O=C(Cc1ccc(-c2nn[nH]n2)cc1)Nc1ccc(Oc2ccccn2)cc1. The maximum atomic E-state index is 12.3. The summed E-state index contributed by atoms with van der Waals surface area (Å²) in [5, 5.41) is 16.7. The molecule has 0 aliphatic heterocycles. The number of nitrogens with one attached hydrogen (secondary N) is 2. The average molecular weight is 372 g/mol. The molecule has 0 radical (unpaired) electrons. The zero-order valence-corrected chi connectivity index (χ0v) is 14.7. The Morgan fingerprint density at radius 1 is 1.00 bits per heavy atom. The van der Waals surface area contributed by atoms with Crippen LogP contribution in [0.4, 0.5) is 5.69 Å². The maximum absolute atomic E-state index is 12.3. The largest absolute Gasteiger partial charge is 0.439 e. The molecule has 0 aliphatic rings. The van der Waals surface area contributed by atoms with E-state index in [9.17, 15) is 4.79 Å². The Balaban J connectivity index is 1.33. The number of H-pyrrole nitrogens is 1. The van der Waals surface area contributed by atoms with Gasteiger partial charge in [-0.05, 0) is 41.1 Å². The molecular formula is C20H16N6O2. The molecule has 0 bridgehead atoms. The van der Waals surface area contributed by atoms with Gasteiger partial charge >= 0.3 is 0 Å². The number of anilines is 1. The van der Waals surface area contributed by atoms with Crippen LogP contribution < -0.4 is 10.1 Å². The minimum atomic E-state index is -0.106. The second-order valence-electron chi connectivity index (χ2n) is 5.95. The minimum Gasteiger partial charge on any atom is -0.439 e. The Morgan fingerprint density at radius 3 is 2.50 bits per heavy atom. The highest BCUT2D eigenvalue weighted by Crippen LogP contribution is 2.21. The third kappa shape index (κ3) is 4.36. The van der Waals surface area contributed by atoms with Crippen LogP contribution in [0.3, 0.4) is 0 Å². The van der Waals surface area contributed by atoms with Crippen LogP contribution in [0.5, 0.6) is 11.6 Å². The molecule has 2 aromatic carbocycles. The van der Waals surface area contributed by atoms with Gasteiger partial charge in [0.1, 0.15) is 5.75 Å². The lowest BCUT2D eigenvalue weighted by atomic mass is 10.1. The van der Waals surface area contributed by atoms with Crippen molar-refractivity contribution < 1.29 is 9.53 Å². The molecule has 0 aliphatic carbocycles. The fraction of sp³-hybridized carbons (Fsp3) is 0.0500. The molecule has 8 nitrogen and oxygen atoms in total. The van der Waals surface area contributed by atoms with Gasteiger partial charge in [-0.3, -0.25) is 4.79 Å². The highest BCUT2D eigenvalue weighted by molar-refractivity contribution is 5.92. The number of nitrogens with zero attached hydrogens (tertiary/aromatic N) is 4. The molecule has 0 saturated heterocycles. The molecular weight excluding hydrogens is 356 g/mol. The van der Waals surface area contributed by atoms with E-state index in [1.165, 1.54) is 0 Å². The third-order valence-electron chi connectivity index (χ3n) is 3.92. The van der Waals surface area contributed by atoms with Crippen molar-refractivity contribution in [3.05, 3.63) is 78.5 Å².